The molecule has 1 aromatic heterocycles. The quantitative estimate of drug-likeness (QED) is 0.844. The summed E-state index contributed by atoms with van der Waals surface area (Å²) in [6, 6.07) is 4.87. The predicted molar refractivity (Wildman–Crippen MR) is 67.5 cm³/mol. The summed E-state index contributed by atoms with van der Waals surface area (Å²) in [5.74, 6) is 3.00. The van der Waals surface area contributed by atoms with Gasteiger partial charge in [0, 0.05) is 6.04 Å². The summed E-state index contributed by atoms with van der Waals surface area (Å²) < 4.78 is 6.54. The van der Waals surface area contributed by atoms with Gasteiger partial charge in [-0.2, -0.15) is 0 Å². The highest BCUT2D eigenvalue weighted by Gasteiger charge is 2.40. The van der Waals surface area contributed by atoms with Crippen LogP contribution in [0.15, 0.2) is 16.5 Å². The first-order valence-corrected chi connectivity index (χ1v) is 6.88. The predicted octanol–water partition coefficient (Wildman–Crippen LogP) is 3.16. The van der Waals surface area contributed by atoms with Crippen LogP contribution in [-0.2, 0) is 6.54 Å². The Morgan fingerprint density at radius 2 is 1.93 bits per heavy atom. The van der Waals surface area contributed by atoms with Crippen molar-refractivity contribution in [3.05, 3.63) is 21.7 Å². The van der Waals surface area contributed by atoms with Crippen LogP contribution in [0.4, 0.5) is 0 Å². The number of hydrogen-bond acceptors (Lipinski definition) is 2. The van der Waals surface area contributed by atoms with Crippen LogP contribution in [0.5, 0.6) is 0 Å². The molecule has 15 heavy (non-hydrogen) atoms. The Morgan fingerprint density at radius 1 is 1.27 bits per heavy atom. The van der Waals surface area contributed by atoms with E-state index in [1.54, 1.807) is 0 Å². The molecule has 2 fully saturated rings. The summed E-state index contributed by atoms with van der Waals surface area (Å²) in [7, 11) is 0. The standard InChI is InChI=1S/C12H16INO/c13-11-6-5-10(15-11)7-14-12(8-1-2-8)9-3-4-9/h5-6,8-9,12,14H,1-4,7H2. The van der Waals surface area contributed by atoms with Gasteiger partial charge in [0.05, 0.1) is 6.54 Å². The van der Waals surface area contributed by atoms with Crippen LogP contribution in [-0.4, -0.2) is 6.04 Å². The molecule has 82 valence electrons. The van der Waals surface area contributed by atoms with Gasteiger partial charge in [0.25, 0.3) is 0 Å². The van der Waals surface area contributed by atoms with Crippen LogP contribution in [0.25, 0.3) is 0 Å². The van der Waals surface area contributed by atoms with Crippen molar-refractivity contribution in [2.45, 2.75) is 38.3 Å². The molecule has 0 saturated heterocycles. The Bertz CT molecular complexity index is 329. The molecule has 0 spiro atoms. The summed E-state index contributed by atoms with van der Waals surface area (Å²) in [5, 5.41) is 3.68. The van der Waals surface area contributed by atoms with Crippen LogP contribution < -0.4 is 5.32 Å². The molecule has 0 aromatic carbocycles. The molecule has 2 aliphatic carbocycles. The molecule has 0 amide bonds. The second kappa shape index (κ2) is 4.09. The summed E-state index contributed by atoms with van der Waals surface area (Å²) in [6.07, 6.45) is 5.74. The van der Waals surface area contributed by atoms with E-state index in [0.29, 0.717) is 0 Å². The largest absolute Gasteiger partial charge is 0.454 e. The number of furan rings is 1. The zero-order valence-corrected chi connectivity index (χ0v) is 10.9. The molecular formula is C12H16INO. The topological polar surface area (TPSA) is 25.2 Å². The minimum Gasteiger partial charge on any atom is -0.454 e. The van der Waals surface area contributed by atoms with Crippen molar-refractivity contribution in [1.82, 2.24) is 5.32 Å². The zero-order chi connectivity index (χ0) is 10.3. The minimum absolute atomic E-state index is 0.771. The lowest BCUT2D eigenvalue weighted by Gasteiger charge is -2.16. The van der Waals surface area contributed by atoms with Gasteiger partial charge in [-0.05, 0) is 72.2 Å². The van der Waals surface area contributed by atoms with Crippen molar-refractivity contribution in [3.63, 3.8) is 0 Å². The van der Waals surface area contributed by atoms with E-state index in [9.17, 15) is 0 Å². The summed E-state index contributed by atoms with van der Waals surface area (Å²) in [5.41, 5.74) is 0. The molecule has 1 aromatic rings. The first-order valence-electron chi connectivity index (χ1n) is 5.80. The van der Waals surface area contributed by atoms with Gasteiger partial charge in [0.2, 0.25) is 0 Å². The Labute approximate surface area is 104 Å². The third kappa shape index (κ3) is 2.56. The lowest BCUT2D eigenvalue weighted by Crippen LogP contribution is -2.32. The SMILES string of the molecule is Ic1ccc(CNC(C2CC2)C2CC2)o1. The molecule has 0 unspecified atom stereocenters. The smallest absolute Gasteiger partial charge is 0.164 e. The molecule has 0 bridgehead atoms. The maximum atomic E-state index is 5.56. The molecule has 0 radical (unpaired) electrons. The van der Waals surface area contributed by atoms with Crippen LogP contribution >= 0.6 is 22.6 Å². The fraction of sp³-hybridized carbons (Fsp3) is 0.667. The van der Waals surface area contributed by atoms with E-state index in [1.165, 1.54) is 25.7 Å². The molecule has 2 nitrogen and oxygen atoms in total. The molecule has 0 aliphatic heterocycles. The van der Waals surface area contributed by atoms with Crippen molar-refractivity contribution in [3.8, 4) is 0 Å². The van der Waals surface area contributed by atoms with E-state index < -0.39 is 0 Å². The fourth-order valence-electron chi connectivity index (χ4n) is 2.29. The second-order valence-electron chi connectivity index (χ2n) is 4.79. The molecule has 2 aliphatic rings. The van der Waals surface area contributed by atoms with Crippen molar-refractivity contribution >= 4 is 22.6 Å². The van der Waals surface area contributed by atoms with Crippen molar-refractivity contribution in [2.24, 2.45) is 11.8 Å². The highest BCUT2D eigenvalue weighted by Crippen LogP contribution is 2.44. The van der Waals surface area contributed by atoms with E-state index >= 15 is 0 Å². The van der Waals surface area contributed by atoms with Gasteiger partial charge in [-0.15, -0.1) is 0 Å². The molecule has 1 heterocycles. The lowest BCUT2D eigenvalue weighted by molar-refractivity contribution is 0.382. The number of hydrogen-bond donors (Lipinski definition) is 1. The van der Waals surface area contributed by atoms with E-state index in [2.05, 4.69) is 34.0 Å². The Kier molecular flexibility index (Phi) is 2.77. The van der Waals surface area contributed by atoms with Gasteiger partial charge >= 0.3 is 0 Å². The van der Waals surface area contributed by atoms with Gasteiger partial charge in [0.15, 0.2) is 3.77 Å². The monoisotopic (exact) mass is 317 g/mol. The zero-order valence-electron chi connectivity index (χ0n) is 8.71. The molecule has 0 atom stereocenters. The highest BCUT2D eigenvalue weighted by atomic mass is 127. The molecular weight excluding hydrogens is 301 g/mol. The summed E-state index contributed by atoms with van der Waals surface area (Å²) in [6.45, 7) is 0.903. The third-order valence-electron chi connectivity index (χ3n) is 3.40. The van der Waals surface area contributed by atoms with E-state index in [-0.39, 0.29) is 0 Å². The van der Waals surface area contributed by atoms with E-state index in [4.69, 9.17) is 4.42 Å². The van der Waals surface area contributed by atoms with Gasteiger partial charge in [-0.25, -0.2) is 0 Å². The van der Waals surface area contributed by atoms with Gasteiger partial charge in [0.1, 0.15) is 5.76 Å². The first-order chi connectivity index (χ1) is 7.33. The summed E-state index contributed by atoms with van der Waals surface area (Å²) >= 11 is 2.21. The number of halogens is 1. The molecule has 3 heteroatoms. The van der Waals surface area contributed by atoms with Crippen LogP contribution in [0.2, 0.25) is 0 Å². The van der Waals surface area contributed by atoms with Crippen molar-refractivity contribution in [2.75, 3.05) is 0 Å². The van der Waals surface area contributed by atoms with Gasteiger partial charge in [-0.3, -0.25) is 0 Å². The maximum absolute atomic E-state index is 5.56. The van der Waals surface area contributed by atoms with Crippen LogP contribution in [0, 0.1) is 15.6 Å². The maximum Gasteiger partial charge on any atom is 0.164 e. The normalized spacial score (nSPS) is 21.2. The van der Waals surface area contributed by atoms with Crippen LogP contribution in [0.1, 0.15) is 31.4 Å². The average Bonchev–Trinajstić information content (AvgIpc) is 3.09. The number of nitrogens with one attached hydrogen (secondary N) is 1. The molecule has 2 saturated carbocycles. The second-order valence-corrected chi connectivity index (χ2v) is 5.85. The fourth-order valence-corrected chi connectivity index (χ4v) is 2.76. The van der Waals surface area contributed by atoms with Crippen LogP contribution in [0.3, 0.4) is 0 Å². The van der Waals surface area contributed by atoms with Crippen molar-refractivity contribution < 1.29 is 4.42 Å². The van der Waals surface area contributed by atoms with E-state index in [1.807, 2.05) is 6.07 Å². The lowest BCUT2D eigenvalue weighted by atomic mass is 10.1. The van der Waals surface area contributed by atoms with Crippen molar-refractivity contribution in [1.29, 1.82) is 0 Å². The Balaban J connectivity index is 1.55. The molecule has 3 rings (SSSR count). The van der Waals surface area contributed by atoms with Gasteiger partial charge < -0.3 is 9.73 Å². The minimum atomic E-state index is 0.771. The van der Waals surface area contributed by atoms with Gasteiger partial charge in [-0.1, -0.05) is 0 Å². The first kappa shape index (κ1) is 10.1. The Morgan fingerprint density at radius 3 is 2.40 bits per heavy atom. The Hall–Kier alpha value is -0.0300. The summed E-state index contributed by atoms with van der Waals surface area (Å²) in [4.78, 5) is 0. The van der Waals surface area contributed by atoms with E-state index in [0.717, 1.165) is 33.9 Å². The number of rotatable bonds is 5. The highest BCUT2D eigenvalue weighted by molar-refractivity contribution is 14.1. The third-order valence-corrected chi connectivity index (χ3v) is 3.98. The average molecular weight is 317 g/mol. The molecule has 1 N–H and O–H groups in total.